The Morgan fingerprint density at radius 2 is 1.64 bits per heavy atom. The second-order valence-corrected chi connectivity index (χ2v) is 6.10. The van der Waals surface area contributed by atoms with E-state index in [2.05, 4.69) is 29.4 Å². The van der Waals surface area contributed by atoms with Crippen LogP contribution in [0.2, 0.25) is 0 Å². The number of H-pyrrole nitrogens is 1. The first-order chi connectivity index (χ1) is 12.2. The van der Waals surface area contributed by atoms with E-state index in [9.17, 15) is 4.79 Å². The van der Waals surface area contributed by atoms with Gasteiger partial charge in [-0.3, -0.25) is 4.79 Å². The molecule has 4 rings (SSSR count). The molecule has 0 spiro atoms. The van der Waals surface area contributed by atoms with Gasteiger partial charge < -0.3 is 10.3 Å². The summed E-state index contributed by atoms with van der Waals surface area (Å²) in [6.45, 7) is 2.08. The fourth-order valence-corrected chi connectivity index (χ4v) is 3.08. The Balaban J connectivity index is 1.71. The molecule has 0 bridgehead atoms. The van der Waals surface area contributed by atoms with E-state index < -0.39 is 0 Å². The van der Waals surface area contributed by atoms with Gasteiger partial charge in [-0.25, -0.2) is 0 Å². The third-order valence-corrected chi connectivity index (χ3v) is 4.41. The Kier molecular flexibility index (Phi) is 3.82. The Morgan fingerprint density at radius 1 is 0.880 bits per heavy atom. The number of aryl methyl sites for hydroxylation is 1. The molecule has 2 N–H and O–H groups in total. The molecule has 1 amide bonds. The molecule has 0 saturated heterocycles. The van der Waals surface area contributed by atoms with E-state index in [4.69, 9.17) is 0 Å². The van der Waals surface area contributed by atoms with Crippen LogP contribution < -0.4 is 5.32 Å². The van der Waals surface area contributed by atoms with Gasteiger partial charge in [0, 0.05) is 33.9 Å². The molecule has 0 aliphatic rings. The zero-order chi connectivity index (χ0) is 17.2. The van der Waals surface area contributed by atoms with Crippen LogP contribution in [0.3, 0.4) is 0 Å². The van der Waals surface area contributed by atoms with E-state index in [1.165, 1.54) is 10.9 Å². The van der Waals surface area contributed by atoms with Crippen molar-refractivity contribution in [3.63, 3.8) is 0 Å². The maximum atomic E-state index is 12.4. The summed E-state index contributed by atoms with van der Waals surface area (Å²) >= 11 is 0. The van der Waals surface area contributed by atoms with Crippen LogP contribution in [-0.4, -0.2) is 10.9 Å². The number of carbonyl (C=O) groups excluding carboxylic acids is 1. The molecular formula is C22H18N2O. The molecule has 122 valence electrons. The number of hydrogen-bond donors (Lipinski definition) is 2. The van der Waals surface area contributed by atoms with E-state index >= 15 is 0 Å². The maximum Gasteiger partial charge on any atom is 0.255 e. The quantitative estimate of drug-likeness (QED) is 0.520. The van der Waals surface area contributed by atoms with Crippen LogP contribution in [0.25, 0.3) is 22.0 Å². The Labute approximate surface area is 146 Å². The summed E-state index contributed by atoms with van der Waals surface area (Å²) in [6.07, 6.45) is 2.02. The highest BCUT2D eigenvalue weighted by molar-refractivity contribution is 6.05. The van der Waals surface area contributed by atoms with Crippen LogP contribution in [0.4, 0.5) is 5.69 Å². The number of nitrogens with one attached hydrogen (secondary N) is 2. The smallest absolute Gasteiger partial charge is 0.255 e. The normalized spacial score (nSPS) is 10.8. The number of carbonyl (C=O) groups is 1. The van der Waals surface area contributed by atoms with Gasteiger partial charge in [0.1, 0.15) is 0 Å². The molecule has 3 nitrogen and oxygen atoms in total. The molecule has 1 aromatic heterocycles. The fourth-order valence-electron chi connectivity index (χ4n) is 3.08. The average Bonchev–Trinajstić information content (AvgIpc) is 3.08. The van der Waals surface area contributed by atoms with Gasteiger partial charge in [-0.15, -0.1) is 0 Å². The number of fused-ring (bicyclic) bond motifs is 1. The van der Waals surface area contributed by atoms with Gasteiger partial charge in [0.15, 0.2) is 0 Å². The number of amides is 1. The van der Waals surface area contributed by atoms with E-state index in [0.29, 0.717) is 5.56 Å². The molecule has 3 aromatic carbocycles. The van der Waals surface area contributed by atoms with Crippen LogP contribution in [0.5, 0.6) is 0 Å². The number of aromatic nitrogens is 1. The monoisotopic (exact) mass is 326 g/mol. The van der Waals surface area contributed by atoms with Gasteiger partial charge in [-0.1, -0.05) is 42.5 Å². The number of hydrogen-bond acceptors (Lipinski definition) is 1. The summed E-state index contributed by atoms with van der Waals surface area (Å²) in [5, 5.41) is 4.16. The largest absolute Gasteiger partial charge is 0.361 e. The molecule has 0 aliphatic heterocycles. The van der Waals surface area contributed by atoms with Gasteiger partial charge in [0.2, 0.25) is 0 Å². The number of benzene rings is 3. The number of rotatable bonds is 3. The zero-order valence-corrected chi connectivity index (χ0v) is 13.9. The van der Waals surface area contributed by atoms with Crippen LogP contribution in [0.1, 0.15) is 15.9 Å². The van der Waals surface area contributed by atoms with E-state index in [1.54, 1.807) is 0 Å². The van der Waals surface area contributed by atoms with Crippen molar-refractivity contribution in [1.29, 1.82) is 0 Å². The lowest BCUT2D eigenvalue weighted by Gasteiger charge is -2.10. The summed E-state index contributed by atoms with van der Waals surface area (Å²) < 4.78 is 0. The third-order valence-electron chi connectivity index (χ3n) is 4.41. The van der Waals surface area contributed by atoms with E-state index in [1.807, 2.05) is 66.9 Å². The molecule has 0 aliphatic carbocycles. The second kappa shape index (κ2) is 6.29. The molecule has 0 fully saturated rings. The molecule has 4 aromatic rings. The number of para-hydroxylation sites is 1. The number of aromatic amines is 1. The van der Waals surface area contributed by atoms with E-state index in [0.717, 1.165) is 22.3 Å². The second-order valence-electron chi connectivity index (χ2n) is 6.10. The fraction of sp³-hybridized carbons (Fsp3) is 0.0455. The predicted octanol–water partition coefficient (Wildman–Crippen LogP) is 5.40. The first-order valence-corrected chi connectivity index (χ1v) is 8.26. The Morgan fingerprint density at radius 3 is 2.48 bits per heavy atom. The van der Waals surface area contributed by atoms with Crippen molar-refractivity contribution in [3.8, 4) is 11.1 Å². The minimum atomic E-state index is -0.102. The van der Waals surface area contributed by atoms with Gasteiger partial charge in [0.05, 0.1) is 0 Å². The van der Waals surface area contributed by atoms with E-state index in [-0.39, 0.29) is 5.91 Å². The molecular weight excluding hydrogens is 308 g/mol. The summed E-state index contributed by atoms with van der Waals surface area (Å²) in [5.74, 6) is -0.102. The lowest BCUT2D eigenvalue weighted by Crippen LogP contribution is -2.11. The van der Waals surface area contributed by atoms with Gasteiger partial charge >= 0.3 is 0 Å². The summed E-state index contributed by atoms with van der Waals surface area (Å²) in [4.78, 5) is 15.7. The SMILES string of the molecule is Cc1ccc(NC(=O)c2ccccc2)cc1-c1c[nH]c2ccccc12. The van der Waals surface area contributed by atoms with Crippen molar-refractivity contribution >= 4 is 22.5 Å². The van der Waals surface area contributed by atoms with Crippen LogP contribution in [-0.2, 0) is 0 Å². The van der Waals surface area contributed by atoms with Crippen LogP contribution in [0.15, 0.2) is 79.0 Å². The van der Waals surface area contributed by atoms with Crippen molar-refractivity contribution in [2.75, 3.05) is 5.32 Å². The Bertz CT molecular complexity index is 1050. The first kappa shape index (κ1) is 15.2. The van der Waals surface area contributed by atoms with Crippen LogP contribution in [0, 0.1) is 6.92 Å². The molecule has 0 unspecified atom stereocenters. The topological polar surface area (TPSA) is 44.9 Å². The van der Waals surface area contributed by atoms with Gasteiger partial charge in [0.25, 0.3) is 5.91 Å². The summed E-state index contributed by atoms with van der Waals surface area (Å²) in [6, 6.07) is 23.5. The zero-order valence-electron chi connectivity index (χ0n) is 13.9. The standard InChI is InChI=1S/C22H18N2O/c1-15-11-12-17(24-22(25)16-7-3-2-4-8-16)13-19(15)20-14-23-21-10-6-5-9-18(20)21/h2-14,23H,1H3,(H,24,25). The van der Waals surface area contributed by atoms with Gasteiger partial charge in [-0.05, 0) is 48.4 Å². The lowest BCUT2D eigenvalue weighted by atomic mass is 9.99. The van der Waals surface area contributed by atoms with Crippen molar-refractivity contribution in [1.82, 2.24) is 4.98 Å². The minimum absolute atomic E-state index is 0.102. The summed E-state index contributed by atoms with van der Waals surface area (Å²) in [7, 11) is 0. The summed E-state index contributed by atoms with van der Waals surface area (Å²) in [5.41, 5.74) is 5.97. The number of anilines is 1. The van der Waals surface area contributed by atoms with Crippen molar-refractivity contribution in [2.24, 2.45) is 0 Å². The first-order valence-electron chi connectivity index (χ1n) is 8.26. The molecule has 0 saturated carbocycles. The third kappa shape index (κ3) is 2.92. The maximum absolute atomic E-state index is 12.4. The lowest BCUT2D eigenvalue weighted by molar-refractivity contribution is 0.102. The molecule has 1 heterocycles. The van der Waals surface area contributed by atoms with Crippen molar-refractivity contribution in [2.45, 2.75) is 6.92 Å². The highest BCUT2D eigenvalue weighted by Gasteiger charge is 2.11. The average molecular weight is 326 g/mol. The predicted molar refractivity (Wildman–Crippen MR) is 103 cm³/mol. The molecule has 0 radical (unpaired) electrons. The van der Waals surface area contributed by atoms with Crippen molar-refractivity contribution < 1.29 is 4.79 Å². The highest BCUT2D eigenvalue weighted by atomic mass is 16.1. The highest BCUT2D eigenvalue weighted by Crippen LogP contribution is 2.32. The van der Waals surface area contributed by atoms with Gasteiger partial charge in [-0.2, -0.15) is 0 Å². The molecule has 25 heavy (non-hydrogen) atoms. The van der Waals surface area contributed by atoms with Crippen LogP contribution >= 0.6 is 0 Å². The minimum Gasteiger partial charge on any atom is -0.361 e. The van der Waals surface area contributed by atoms with Crippen molar-refractivity contribution in [3.05, 3.63) is 90.1 Å². The molecule has 3 heteroatoms. The Hall–Kier alpha value is -3.33. The molecule has 0 atom stereocenters.